The van der Waals surface area contributed by atoms with Gasteiger partial charge in [0.05, 0.1) is 16.1 Å². The Hall–Kier alpha value is -2.98. The maximum atomic E-state index is 13.0. The molecule has 2 aromatic rings. The smallest absolute Gasteiger partial charge is 0.340 e. The molecular weight excluding hydrogens is 461 g/mol. The number of ether oxygens (including phenoxy) is 1. The average molecular weight is 492 g/mol. The summed E-state index contributed by atoms with van der Waals surface area (Å²) in [6, 6.07) is 10.2. The lowest BCUT2D eigenvalue weighted by Crippen LogP contribution is -2.31. The highest BCUT2D eigenvalue weighted by Crippen LogP contribution is 2.29. The van der Waals surface area contributed by atoms with E-state index in [-0.39, 0.29) is 22.8 Å². The van der Waals surface area contributed by atoms with Crippen LogP contribution in [0.2, 0.25) is 0 Å². The van der Waals surface area contributed by atoms with Gasteiger partial charge >= 0.3 is 5.97 Å². The molecule has 0 spiro atoms. The van der Waals surface area contributed by atoms with E-state index in [1.807, 2.05) is 4.90 Å². The molecule has 0 unspecified atom stereocenters. The van der Waals surface area contributed by atoms with Crippen molar-refractivity contribution in [3.05, 3.63) is 59.4 Å². The lowest BCUT2D eigenvalue weighted by atomic mass is 10.1. The largest absolute Gasteiger partial charge is 0.452 e. The first-order chi connectivity index (χ1) is 16.3. The predicted molar refractivity (Wildman–Crippen MR) is 127 cm³/mol. The molecule has 0 bridgehead atoms. The van der Waals surface area contributed by atoms with Gasteiger partial charge in [0.15, 0.2) is 6.61 Å². The monoisotopic (exact) mass is 491 g/mol. The van der Waals surface area contributed by atoms with Crippen molar-refractivity contribution in [2.24, 2.45) is 0 Å². The van der Waals surface area contributed by atoms with Crippen LogP contribution in [0, 0.1) is 5.82 Å². The number of sulfonamides is 1. The van der Waals surface area contributed by atoms with Crippen LogP contribution in [0.4, 0.5) is 10.1 Å². The van der Waals surface area contributed by atoms with Crippen LogP contribution in [0.15, 0.2) is 47.4 Å². The average Bonchev–Trinajstić information content (AvgIpc) is 3.37. The highest BCUT2D eigenvalue weighted by atomic mass is 32.2. The van der Waals surface area contributed by atoms with E-state index in [0.29, 0.717) is 24.3 Å². The molecule has 1 saturated heterocycles. The molecule has 0 aromatic heterocycles. The van der Waals surface area contributed by atoms with Crippen LogP contribution < -0.4 is 10.2 Å². The summed E-state index contributed by atoms with van der Waals surface area (Å²) in [7, 11) is -3.77. The Labute approximate surface area is 199 Å². The Morgan fingerprint density at radius 2 is 1.71 bits per heavy atom. The van der Waals surface area contributed by atoms with E-state index in [2.05, 4.69) is 5.32 Å². The quantitative estimate of drug-likeness (QED) is 0.514. The van der Waals surface area contributed by atoms with Crippen LogP contribution in [-0.4, -0.2) is 57.4 Å². The summed E-state index contributed by atoms with van der Waals surface area (Å²) in [5, 5.41) is 2.61. The first-order valence-corrected chi connectivity index (χ1v) is 12.8. The third kappa shape index (κ3) is 6.12. The van der Waals surface area contributed by atoms with Gasteiger partial charge in [-0.1, -0.05) is 26.0 Å². The fourth-order valence-corrected chi connectivity index (χ4v) is 5.33. The van der Waals surface area contributed by atoms with E-state index in [1.165, 1.54) is 28.6 Å². The van der Waals surface area contributed by atoms with Crippen molar-refractivity contribution in [1.29, 1.82) is 0 Å². The van der Waals surface area contributed by atoms with Gasteiger partial charge in [-0.2, -0.15) is 4.31 Å². The van der Waals surface area contributed by atoms with E-state index < -0.39 is 28.5 Å². The minimum absolute atomic E-state index is 0.00635. The number of halogens is 1. The van der Waals surface area contributed by atoms with Crippen LogP contribution in [0.25, 0.3) is 0 Å². The van der Waals surface area contributed by atoms with Crippen molar-refractivity contribution >= 4 is 27.6 Å². The summed E-state index contributed by atoms with van der Waals surface area (Å²) in [6.07, 6.45) is 1.94. The number of esters is 1. The van der Waals surface area contributed by atoms with Gasteiger partial charge in [-0.15, -0.1) is 0 Å². The Morgan fingerprint density at radius 3 is 2.32 bits per heavy atom. The minimum Gasteiger partial charge on any atom is -0.452 e. The van der Waals surface area contributed by atoms with Crippen LogP contribution >= 0.6 is 0 Å². The SMILES string of the molecule is CCN(CC)S(=O)(=O)c1ccc(N2CCCC2)c(C(=O)OCC(=O)NCc2ccc(F)cc2)c1. The fourth-order valence-electron chi connectivity index (χ4n) is 3.85. The van der Waals surface area contributed by atoms with E-state index in [4.69, 9.17) is 4.74 Å². The number of rotatable bonds is 10. The van der Waals surface area contributed by atoms with Crippen molar-refractivity contribution in [2.45, 2.75) is 38.1 Å². The zero-order valence-corrected chi connectivity index (χ0v) is 20.2. The first kappa shape index (κ1) is 25.6. The molecular formula is C24H30FN3O5S. The molecule has 2 aromatic carbocycles. The summed E-state index contributed by atoms with van der Waals surface area (Å²) >= 11 is 0. The topological polar surface area (TPSA) is 96.0 Å². The molecule has 0 radical (unpaired) electrons. The predicted octanol–water partition coefficient (Wildman–Crippen LogP) is 2.93. The fraction of sp³-hybridized carbons (Fsp3) is 0.417. The van der Waals surface area contributed by atoms with Gasteiger partial charge in [0.25, 0.3) is 5.91 Å². The third-order valence-corrected chi connectivity index (χ3v) is 7.76. The molecule has 1 fully saturated rings. The van der Waals surface area contributed by atoms with Gasteiger partial charge < -0.3 is 15.0 Å². The first-order valence-electron chi connectivity index (χ1n) is 11.3. The third-order valence-electron chi connectivity index (χ3n) is 5.72. The summed E-state index contributed by atoms with van der Waals surface area (Å²) < 4.78 is 45.5. The molecule has 0 aliphatic carbocycles. The molecule has 1 amide bonds. The molecule has 184 valence electrons. The summed E-state index contributed by atoms with van der Waals surface area (Å²) in [6.45, 7) is 5.25. The summed E-state index contributed by atoms with van der Waals surface area (Å²) in [5.74, 6) is -1.66. The van der Waals surface area contributed by atoms with Crippen LogP contribution in [0.5, 0.6) is 0 Å². The van der Waals surface area contributed by atoms with Crippen LogP contribution in [0.3, 0.4) is 0 Å². The number of nitrogens with zero attached hydrogens (tertiary/aromatic N) is 2. The Balaban J connectivity index is 1.75. The zero-order chi connectivity index (χ0) is 24.7. The number of anilines is 1. The molecule has 1 heterocycles. The molecule has 1 N–H and O–H groups in total. The molecule has 3 rings (SSSR count). The second-order valence-electron chi connectivity index (χ2n) is 7.94. The van der Waals surface area contributed by atoms with Crippen molar-refractivity contribution in [3.63, 3.8) is 0 Å². The van der Waals surface area contributed by atoms with Gasteiger partial charge in [0.1, 0.15) is 5.82 Å². The lowest BCUT2D eigenvalue weighted by Gasteiger charge is -2.23. The van der Waals surface area contributed by atoms with Crippen LogP contribution in [0.1, 0.15) is 42.6 Å². The highest BCUT2D eigenvalue weighted by Gasteiger charge is 2.27. The summed E-state index contributed by atoms with van der Waals surface area (Å²) in [5.41, 5.74) is 1.40. The van der Waals surface area contributed by atoms with Crippen LogP contribution in [-0.2, 0) is 26.1 Å². The molecule has 1 aliphatic rings. The van der Waals surface area contributed by atoms with Crippen molar-refractivity contribution in [2.75, 3.05) is 37.7 Å². The molecule has 10 heteroatoms. The number of carbonyl (C=O) groups is 2. The minimum atomic E-state index is -3.77. The molecule has 0 saturated carbocycles. The Bertz CT molecular complexity index is 1110. The van der Waals surface area contributed by atoms with Crippen molar-refractivity contribution < 1.29 is 27.1 Å². The number of hydrogen-bond donors (Lipinski definition) is 1. The summed E-state index contributed by atoms with van der Waals surface area (Å²) in [4.78, 5) is 27.1. The number of amides is 1. The number of benzene rings is 2. The van der Waals surface area contributed by atoms with Gasteiger partial charge in [0.2, 0.25) is 10.0 Å². The van der Waals surface area contributed by atoms with Gasteiger partial charge in [-0.3, -0.25) is 4.79 Å². The molecule has 0 atom stereocenters. The molecule has 8 nitrogen and oxygen atoms in total. The maximum absolute atomic E-state index is 13.0. The number of hydrogen-bond acceptors (Lipinski definition) is 6. The zero-order valence-electron chi connectivity index (χ0n) is 19.4. The highest BCUT2D eigenvalue weighted by molar-refractivity contribution is 7.89. The molecule has 34 heavy (non-hydrogen) atoms. The van der Waals surface area contributed by atoms with E-state index in [0.717, 1.165) is 25.9 Å². The second-order valence-corrected chi connectivity index (χ2v) is 9.88. The Kier molecular flexibility index (Phi) is 8.62. The molecule has 1 aliphatic heterocycles. The van der Waals surface area contributed by atoms with Crippen molar-refractivity contribution in [1.82, 2.24) is 9.62 Å². The lowest BCUT2D eigenvalue weighted by molar-refractivity contribution is -0.124. The van der Waals surface area contributed by atoms with Crippen molar-refractivity contribution in [3.8, 4) is 0 Å². The van der Waals surface area contributed by atoms with Gasteiger partial charge in [-0.05, 0) is 48.7 Å². The Morgan fingerprint density at radius 1 is 1.06 bits per heavy atom. The van der Waals surface area contributed by atoms with Gasteiger partial charge in [0, 0.05) is 32.7 Å². The standard InChI is InChI=1S/C24H30FN3O5S/c1-3-28(4-2)34(31,32)20-11-12-22(27-13-5-6-14-27)21(15-20)24(30)33-17-23(29)26-16-18-7-9-19(25)10-8-18/h7-12,15H,3-6,13-14,16-17H2,1-2H3,(H,26,29). The maximum Gasteiger partial charge on any atom is 0.340 e. The second kappa shape index (κ2) is 11.4. The van der Waals surface area contributed by atoms with E-state index >= 15 is 0 Å². The van der Waals surface area contributed by atoms with Gasteiger partial charge in [-0.25, -0.2) is 17.6 Å². The normalized spacial score (nSPS) is 13.8. The number of nitrogens with one attached hydrogen (secondary N) is 1. The van der Waals surface area contributed by atoms with E-state index in [9.17, 15) is 22.4 Å². The number of carbonyl (C=O) groups excluding carboxylic acids is 2. The van der Waals surface area contributed by atoms with E-state index in [1.54, 1.807) is 32.0 Å².